The molecule has 8 nitrogen and oxygen atoms in total. The van der Waals surface area contributed by atoms with Gasteiger partial charge in [0.25, 0.3) is 5.91 Å². The van der Waals surface area contributed by atoms with Crippen molar-refractivity contribution in [3.8, 4) is 0 Å². The first-order chi connectivity index (χ1) is 14.8. The van der Waals surface area contributed by atoms with E-state index in [2.05, 4.69) is 26.7 Å². The van der Waals surface area contributed by atoms with Crippen molar-refractivity contribution in [2.24, 2.45) is 5.10 Å². The van der Waals surface area contributed by atoms with E-state index in [0.29, 0.717) is 18.1 Å². The number of carbonyl (C=O) groups is 1. The van der Waals surface area contributed by atoms with E-state index < -0.39 is 0 Å². The Morgan fingerprint density at radius 3 is 2.87 bits per heavy atom. The van der Waals surface area contributed by atoms with Crippen molar-refractivity contribution in [2.45, 2.75) is 24.2 Å². The van der Waals surface area contributed by atoms with Gasteiger partial charge < -0.3 is 4.42 Å². The van der Waals surface area contributed by atoms with Crippen LogP contribution in [0.2, 0.25) is 0 Å². The Labute approximate surface area is 184 Å². The molecule has 0 saturated heterocycles. The number of rotatable bonds is 7. The van der Waals surface area contributed by atoms with Gasteiger partial charge in [0.2, 0.25) is 5.16 Å². The minimum Gasteiger partial charge on any atom is -0.467 e. The van der Waals surface area contributed by atoms with Gasteiger partial charge in [-0.3, -0.25) is 4.79 Å². The highest BCUT2D eigenvalue weighted by molar-refractivity contribution is 7.99. The molecule has 0 saturated carbocycles. The maximum atomic E-state index is 13.1. The highest BCUT2D eigenvalue weighted by atomic mass is 32.2. The van der Waals surface area contributed by atoms with Gasteiger partial charge >= 0.3 is 0 Å². The molecule has 1 aliphatic rings. The fourth-order valence-electron chi connectivity index (χ4n) is 3.18. The zero-order chi connectivity index (χ0) is 20.3. The molecule has 0 N–H and O–H groups in total. The predicted octanol–water partition coefficient (Wildman–Crippen LogP) is 3.91. The number of aromatic nitrogens is 4. The number of amides is 1. The third-order valence-electron chi connectivity index (χ3n) is 4.55. The van der Waals surface area contributed by atoms with Gasteiger partial charge in [-0.05, 0) is 45.5 Å². The lowest BCUT2D eigenvalue weighted by molar-refractivity contribution is -0.130. The smallest absolute Gasteiger partial charge is 0.253 e. The van der Waals surface area contributed by atoms with Gasteiger partial charge in [0.1, 0.15) is 12.3 Å². The van der Waals surface area contributed by atoms with Crippen molar-refractivity contribution in [1.82, 2.24) is 25.2 Å². The third-order valence-corrected chi connectivity index (χ3v) is 7.39. The lowest BCUT2D eigenvalue weighted by Crippen LogP contribution is -2.28. The van der Waals surface area contributed by atoms with E-state index in [1.165, 1.54) is 11.8 Å². The summed E-state index contributed by atoms with van der Waals surface area (Å²) in [5.74, 6) is 0.872. The highest BCUT2D eigenvalue weighted by Gasteiger charge is 2.34. The summed E-state index contributed by atoms with van der Waals surface area (Å²) in [6.07, 6.45) is 2.32. The first kappa shape index (κ1) is 19.2. The van der Waals surface area contributed by atoms with Crippen LogP contribution in [-0.4, -0.2) is 42.6 Å². The van der Waals surface area contributed by atoms with Gasteiger partial charge in [-0.15, -0.1) is 27.8 Å². The molecule has 0 radical (unpaired) electrons. The zero-order valence-corrected chi connectivity index (χ0v) is 18.1. The second kappa shape index (κ2) is 8.54. The Kier molecular flexibility index (Phi) is 5.47. The van der Waals surface area contributed by atoms with Crippen LogP contribution >= 0.6 is 34.4 Å². The van der Waals surface area contributed by atoms with Crippen molar-refractivity contribution in [3.05, 3.63) is 68.9 Å². The summed E-state index contributed by atoms with van der Waals surface area (Å²) in [6.45, 7) is 0.415. The number of furan rings is 1. The molecule has 11 heteroatoms. The largest absolute Gasteiger partial charge is 0.467 e. The van der Waals surface area contributed by atoms with E-state index in [1.54, 1.807) is 38.6 Å². The van der Waals surface area contributed by atoms with Crippen LogP contribution in [0.5, 0.6) is 0 Å². The van der Waals surface area contributed by atoms with Gasteiger partial charge in [0.05, 0.1) is 28.6 Å². The van der Waals surface area contributed by atoms with Gasteiger partial charge in [-0.25, -0.2) is 9.69 Å². The Hall–Kier alpha value is -2.76. The summed E-state index contributed by atoms with van der Waals surface area (Å²) >= 11 is 4.58. The first-order valence-corrected chi connectivity index (χ1v) is 11.9. The minimum atomic E-state index is -0.0747. The first-order valence-electron chi connectivity index (χ1n) is 9.16. The summed E-state index contributed by atoms with van der Waals surface area (Å²) in [6, 6.07) is 11.7. The van der Waals surface area contributed by atoms with Crippen LogP contribution in [0.15, 0.2) is 68.1 Å². The molecular weight excluding hydrogens is 440 g/mol. The second-order valence-corrected chi connectivity index (χ2v) is 9.35. The van der Waals surface area contributed by atoms with Gasteiger partial charge in [0, 0.05) is 11.3 Å². The van der Waals surface area contributed by atoms with Crippen LogP contribution in [0.4, 0.5) is 0 Å². The molecule has 4 aromatic heterocycles. The normalized spacial score (nSPS) is 16.2. The molecule has 30 heavy (non-hydrogen) atoms. The number of nitrogens with zero attached hydrogens (tertiary/aromatic N) is 6. The van der Waals surface area contributed by atoms with E-state index in [1.807, 2.05) is 41.1 Å². The average molecular weight is 457 g/mol. The van der Waals surface area contributed by atoms with Crippen LogP contribution in [-0.2, 0) is 11.3 Å². The number of carbonyl (C=O) groups excluding carboxylic acids is 1. The number of hydrogen-bond acceptors (Lipinski definition) is 9. The highest BCUT2D eigenvalue weighted by Crippen LogP contribution is 2.36. The molecular formula is C19H16N6O2S3. The molecule has 1 aliphatic heterocycles. The fraction of sp³-hybridized carbons (Fsp3) is 0.211. The van der Waals surface area contributed by atoms with E-state index >= 15 is 0 Å². The fourth-order valence-corrected chi connectivity index (χ4v) is 5.44. The Bertz CT molecular complexity index is 1140. The van der Waals surface area contributed by atoms with Gasteiger partial charge in [0.15, 0.2) is 0 Å². The molecule has 4 aromatic rings. The summed E-state index contributed by atoms with van der Waals surface area (Å²) < 4.78 is 6.98. The van der Waals surface area contributed by atoms with Crippen LogP contribution in [0.3, 0.4) is 0 Å². The molecule has 1 amide bonds. The summed E-state index contributed by atoms with van der Waals surface area (Å²) in [4.78, 5) is 15.3. The molecule has 5 heterocycles. The van der Waals surface area contributed by atoms with Gasteiger partial charge in [-0.1, -0.05) is 23.9 Å². The zero-order valence-electron chi connectivity index (χ0n) is 15.6. The van der Waals surface area contributed by atoms with E-state index in [4.69, 9.17) is 4.42 Å². The molecule has 0 fully saturated rings. The van der Waals surface area contributed by atoms with Crippen LogP contribution in [0.1, 0.15) is 28.0 Å². The molecule has 0 bridgehead atoms. The standard InChI is InChI=1S/C19H16N6O2S3/c26-18(12-30-19-20-22-23-24(19)11-13-4-1-7-27-13)25-15(17-6-3-9-29-17)10-14(21-25)16-5-2-8-28-16/h1-9,15H,10-12H2/t15-/m1/s1. The van der Waals surface area contributed by atoms with Crippen molar-refractivity contribution < 1.29 is 9.21 Å². The maximum Gasteiger partial charge on any atom is 0.253 e. The lowest BCUT2D eigenvalue weighted by Gasteiger charge is -2.20. The molecule has 0 aliphatic carbocycles. The molecule has 0 aromatic carbocycles. The molecule has 5 rings (SSSR count). The molecule has 152 valence electrons. The maximum absolute atomic E-state index is 13.1. The SMILES string of the molecule is O=C(CSc1nnnn1Cc1ccco1)N1N=C(c2cccs2)C[C@@H]1c1cccs1. The van der Waals surface area contributed by atoms with Crippen LogP contribution in [0, 0.1) is 0 Å². The van der Waals surface area contributed by atoms with Crippen molar-refractivity contribution in [3.63, 3.8) is 0 Å². The Morgan fingerprint density at radius 1 is 1.20 bits per heavy atom. The lowest BCUT2D eigenvalue weighted by atomic mass is 10.1. The van der Waals surface area contributed by atoms with Crippen molar-refractivity contribution in [2.75, 3.05) is 5.75 Å². The van der Waals surface area contributed by atoms with Gasteiger partial charge in [-0.2, -0.15) is 5.10 Å². The van der Waals surface area contributed by atoms with E-state index in [9.17, 15) is 4.79 Å². The average Bonchev–Trinajstić information content (AvgIpc) is 3.57. The quantitative estimate of drug-likeness (QED) is 0.392. The molecule has 1 atom stereocenters. The number of thiophene rings is 2. The summed E-state index contributed by atoms with van der Waals surface area (Å²) in [5, 5.41) is 22.7. The van der Waals surface area contributed by atoms with Crippen molar-refractivity contribution in [1.29, 1.82) is 0 Å². The third kappa shape index (κ3) is 3.95. The van der Waals surface area contributed by atoms with E-state index in [-0.39, 0.29) is 17.7 Å². The topological polar surface area (TPSA) is 89.4 Å². The monoisotopic (exact) mass is 456 g/mol. The number of hydrogen-bond donors (Lipinski definition) is 0. The number of thioether (sulfide) groups is 1. The summed E-state index contributed by atoms with van der Waals surface area (Å²) in [5.41, 5.74) is 0.949. The molecule has 0 spiro atoms. The summed E-state index contributed by atoms with van der Waals surface area (Å²) in [7, 11) is 0. The number of hydrazone groups is 1. The molecule has 0 unspecified atom stereocenters. The van der Waals surface area contributed by atoms with E-state index in [0.717, 1.165) is 21.2 Å². The number of tetrazole rings is 1. The van der Waals surface area contributed by atoms with Crippen molar-refractivity contribution >= 4 is 46.1 Å². The second-order valence-electron chi connectivity index (χ2n) is 6.48. The van der Waals surface area contributed by atoms with Crippen LogP contribution in [0.25, 0.3) is 0 Å². The Balaban J connectivity index is 1.31. The Morgan fingerprint density at radius 2 is 2.10 bits per heavy atom. The van der Waals surface area contributed by atoms with Crippen LogP contribution < -0.4 is 0 Å². The minimum absolute atomic E-state index is 0.0718. The predicted molar refractivity (Wildman–Crippen MR) is 116 cm³/mol.